The van der Waals surface area contributed by atoms with Gasteiger partial charge in [0.25, 0.3) is 0 Å². The van der Waals surface area contributed by atoms with Gasteiger partial charge in [-0.25, -0.2) is 13.1 Å². The normalized spacial score (nSPS) is 26.7. The van der Waals surface area contributed by atoms with E-state index in [4.69, 9.17) is 5.11 Å². The maximum atomic E-state index is 12.7. The monoisotopic (exact) mass is 481 g/mol. The Bertz CT molecular complexity index is 881. The molecule has 1 aromatic rings. The first-order valence-corrected chi connectivity index (χ1v) is 12.5. The molecule has 2 aliphatic carbocycles. The number of unbranched alkanes of at least 4 members (excludes halogenated alkanes) is 1. The summed E-state index contributed by atoms with van der Waals surface area (Å²) in [6.07, 6.45) is 11.5. The van der Waals surface area contributed by atoms with E-state index in [0.717, 1.165) is 35.7 Å². The number of allylic oxidation sites excluding steroid dienone is 2. The predicted octanol–water partition coefficient (Wildman–Crippen LogP) is 4.96. The van der Waals surface area contributed by atoms with Crippen LogP contribution in [0, 0.1) is 17.8 Å². The minimum absolute atomic E-state index is 0.0189. The molecule has 0 saturated heterocycles. The first kappa shape index (κ1) is 22.2. The molecule has 0 radical (unpaired) electrons. The van der Waals surface area contributed by atoms with Gasteiger partial charge >= 0.3 is 5.97 Å². The predicted molar refractivity (Wildman–Crippen MR) is 119 cm³/mol. The molecule has 0 aliphatic heterocycles. The molecule has 0 amide bonds. The fraction of sp³-hybridized carbons (Fsp3) is 0.500. The van der Waals surface area contributed by atoms with E-state index < -0.39 is 16.0 Å². The van der Waals surface area contributed by atoms with E-state index in [2.05, 4.69) is 26.7 Å². The molecule has 4 unspecified atom stereocenters. The van der Waals surface area contributed by atoms with Gasteiger partial charge in [-0.05, 0) is 80.1 Å². The van der Waals surface area contributed by atoms with E-state index in [0.29, 0.717) is 24.2 Å². The molecule has 3 rings (SSSR count). The second kappa shape index (κ2) is 10.0. The quantitative estimate of drug-likeness (QED) is 0.365. The molecule has 0 aromatic heterocycles. The summed E-state index contributed by atoms with van der Waals surface area (Å²) < 4.78 is 29.2. The highest BCUT2D eigenvalue weighted by atomic mass is 79.9. The number of halogens is 1. The van der Waals surface area contributed by atoms with Crippen LogP contribution in [0.25, 0.3) is 6.08 Å². The summed E-state index contributed by atoms with van der Waals surface area (Å²) in [5, 5.41) is 9.95. The minimum Gasteiger partial charge on any atom is -0.481 e. The fourth-order valence-electron chi connectivity index (χ4n) is 4.68. The van der Waals surface area contributed by atoms with Crippen LogP contribution in [0.15, 0.2) is 46.3 Å². The third-order valence-electron chi connectivity index (χ3n) is 6.01. The second-order valence-electron chi connectivity index (χ2n) is 8.04. The van der Waals surface area contributed by atoms with Crippen molar-refractivity contribution >= 4 is 38.0 Å². The molecular formula is C22H28BrNO4S. The number of rotatable bonds is 10. The number of aliphatic carboxylic acids is 1. The number of carbonyl (C=O) groups is 1. The Labute approximate surface area is 181 Å². The van der Waals surface area contributed by atoms with Gasteiger partial charge in [-0.1, -0.05) is 40.2 Å². The van der Waals surface area contributed by atoms with Crippen LogP contribution in [0.3, 0.4) is 0 Å². The number of carboxylic acid groups (broad SMARTS) is 1. The molecule has 158 valence electrons. The number of hydrogen-bond donors (Lipinski definition) is 2. The summed E-state index contributed by atoms with van der Waals surface area (Å²) in [6.45, 7) is 0. The van der Waals surface area contributed by atoms with Crippen molar-refractivity contribution in [1.29, 1.82) is 0 Å². The van der Waals surface area contributed by atoms with E-state index in [-0.39, 0.29) is 12.5 Å². The lowest BCUT2D eigenvalue weighted by Crippen LogP contribution is -2.43. The van der Waals surface area contributed by atoms with E-state index in [1.807, 2.05) is 30.3 Å². The van der Waals surface area contributed by atoms with Gasteiger partial charge in [-0.3, -0.25) is 4.79 Å². The lowest BCUT2D eigenvalue weighted by molar-refractivity contribution is -0.137. The van der Waals surface area contributed by atoms with Gasteiger partial charge in [0.2, 0.25) is 10.0 Å². The Balaban J connectivity index is 1.58. The molecule has 2 bridgehead atoms. The van der Waals surface area contributed by atoms with Crippen LogP contribution in [0.5, 0.6) is 0 Å². The minimum atomic E-state index is -3.52. The molecule has 2 aliphatic rings. The number of carboxylic acids is 1. The zero-order chi connectivity index (χ0) is 20.9. The van der Waals surface area contributed by atoms with Crippen LogP contribution in [0.1, 0.15) is 50.5 Å². The Hall–Kier alpha value is -1.44. The summed E-state index contributed by atoms with van der Waals surface area (Å²) >= 11 is 3.40. The molecule has 29 heavy (non-hydrogen) atoms. The summed E-state index contributed by atoms with van der Waals surface area (Å²) in [4.78, 5) is 10.6. The number of fused-ring (bicyclic) bond motifs is 2. The van der Waals surface area contributed by atoms with E-state index in [1.165, 1.54) is 11.8 Å². The average molecular weight is 482 g/mol. The first-order valence-electron chi connectivity index (χ1n) is 10.2. The number of sulfonamides is 1. The maximum Gasteiger partial charge on any atom is 0.303 e. The Morgan fingerprint density at radius 2 is 2.03 bits per heavy atom. The SMILES string of the molecule is O=C(O)CCCC=CCC1C2CCC(C2)C1NS(=O)(=O)C=Cc1cccc(Br)c1. The third kappa shape index (κ3) is 6.52. The van der Waals surface area contributed by atoms with Gasteiger partial charge in [-0.15, -0.1) is 0 Å². The van der Waals surface area contributed by atoms with Crippen molar-refractivity contribution in [3.05, 3.63) is 51.9 Å². The van der Waals surface area contributed by atoms with Gasteiger partial charge in [-0.2, -0.15) is 0 Å². The Morgan fingerprint density at radius 1 is 1.24 bits per heavy atom. The smallest absolute Gasteiger partial charge is 0.303 e. The number of nitrogens with one attached hydrogen (secondary N) is 1. The van der Waals surface area contributed by atoms with Crippen molar-refractivity contribution < 1.29 is 18.3 Å². The average Bonchev–Trinajstić information content (AvgIpc) is 3.25. The lowest BCUT2D eigenvalue weighted by Gasteiger charge is -2.30. The standard InChI is InChI=1S/C22H28BrNO4S/c23-19-7-5-6-16(14-19)12-13-29(27,28)24-22-18-11-10-17(15-18)20(22)8-3-1-2-4-9-21(25)26/h1,3,5-7,12-14,17-18,20,22,24H,2,4,8-11,15H2,(H,25,26). The summed E-state index contributed by atoms with van der Waals surface area (Å²) in [5.41, 5.74) is 0.832. The van der Waals surface area contributed by atoms with Gasteiger partial charge in [0.05, 0.1) is 0 Å². The van der Waals surface area contributed by atoms with Crippen LogP contribution < -0.4 is 4.72 Å². The molecule has 1 aromatic carbocycles. The van der Waals surface area contributed by atoms with E-state index in [9.17, 15) is 13.2 Å². The molecule has 7 heteroatoms. The Morgan fingerprint density at radius 3 is 2.79 bits per heavy atom. The van der Waals surface area contributed by atoms with Crippen molar-refractivity contribution in [2.24, 2.45) is 17.8 Å². The van der Waals surface area contributed by atoms with Crippen LogP contribution in [-0.4, -0.2) is 25.5 Å². The first-order chi connectivity index (χ1) is 13.8. The molecule has 4 atom stereocenters. The van der Waals surface area contributed by atoms with Gasteiger partial charge < -0.3 is 5.11 Å². The fourth-order valence-corrected chi connectivity index (χ4v) is 6.26. The highest BCUT2D eigenvalue weighted by Crippen LogP contribution is 2.50. The Kier molecular flexibility index (Phi) is 7.71. The zero-order valence-electron chi connectivity index (χ0n) is 16.3. The second-order valence-corrected chi connectivity index (χ2v) is 10.6. The highest BCUT2D eigenvalue weighted by molar-refractivity contribution is 9.10. The molecule has 2 saturated carbocycles. The van der Waals surface area contributed by atoms with Crippen molar-refractivity contribution in [2.45, 2.75) is 51.0 Å². The molecule has 2 N–H and O–H groups in total. The van der Waals surface area contributed by atoms with Crippen molar-refractivity contribution in [3.8, 4) is 0 Å². The molecule has 5 nitrogen and oxygen atoms in total. The molecular weight excluding hydrogens is 454 g/mol. The van der Waals surface area contributed by atoms with E-state index >= 15 is 0 Å². The van der Waals surface area contributed by atoms with Crippen LogP contribution >= 0.6 is 15.9 Å². The van der Waals surface area contributed by atoms with Crippen molar-refractivity contribution in [3.63, 3.8) is 0 Å². The summed E-state index contributed by atoms with van der Waals surface area (Å²) in [7, 11) is -3.52. The van der Waals surface area contributed by atoms with Gasteiger partial charge in [0.1, 0.15) is 0 Å². The van der Waals surface area contributed by atoms with Crippen LogP contribution in [0.2, 0.25) is 0 Å². The molecule has 0 heterocycles. The van der Waals surface area contributed by atoms with Crippen LogP contribution in [0.4, 0.5) is 0 Å². The van der Waals surface area contributed by atoms with Gasteiger partial charge in [0.15, 0.2) is 0 Å². The third-order valence-corrected chi connectivity index (χ3v) is 7.60. The number of hydrogen-bond acceptors (Lipinski definition) is 3. The summed E-state index contributed by atoms with van der Waals surface area (Å²) in [6, 6.07) is 7.50. The van der Waals surface area contributed by atoms with Gasteiger partial charge in [0, 0.05) is 22.3 Å². The van der Waals surface area contributed by atoms with Crippen molar-refractivity contribution in [1.82, 2.24) is 4.72 Å². The van der Waals surface area contributed by atoms with Crippen molar-refractivity contribution in [2.75, 3.05) is 0 Å². The largest absolute Gasteiger partial charge is 0.481 e. The zero-order valence-corrected chi connectivity index (χ0v) is 18.7. The lowest BCUT2D eigenvalue weighted by atomic mass is 9.83. The molecule has 0 spiro atoms. The molecule has 2 fully saturated rings. The van der Waals surface area contributed by atoms with Crippen LogP contribution in [-0.2, 0) is 14.8 Å². The topological polar surface area (TPSA) is 83.5 Å². The maximum absolute atomic E-state index is 12.7. The summed E-state index contributed by atoms with van der Waals surface area (Å²) in [5.74, 6) is 0.542. The number of benzene rings is 1. The van der Waals surface area contributed by atoms with E-state index in [1.54, 1.807) is 6.08 Å². The highest BCUT2D eigenvalue weighted by Gasteiger charge is 2.47.